The maximum Gasteiger partial charge on any atom is 0.315 e. The number of nitrogens with one attached hydrogen (secondary N) is 1. The molecule has 8 nitrogen and oxygen atoms in total. The van der Waals surface area contributed by atoms with Crippen LogP contribution in [0.5, 0.6) is 11.5 Å². The van der Waals surface area contributed by atoms with Gasteiger partial charge in [0.05, 0.1) is 31.3 Å². The average molecular weight is 452 g/mol. The van der Waals surface area contributed by atoms with Gasteiger partial charge in [0, 0.05) is 21.5 Å². The van der Waals surface area contributed by atoms with Gasteiger partial charge in [-0.3, -0.25) is 14.9 Å². The summed E-state index contributed by atoms with van der Waals surface area (Å²) in [5.74, 6) is -0.0572. The summed E-state index contributed by atoms with van der Waals surface area (Å²) in [7, 11) is 1.40. The maximum atomic E-state index is 12.2. The van der Waals surface area contributed by atoms with E-state index in [1.165, 1.54) is 31.2 Å². The molecule has 0 radical (unpaired) electrons. The summed E-state index contributed by atoms with van der Waals surface area (Å²) in [6, 6.07) is 8.22. The molecule has 0 aliphatic heterocycles. The second-order valence-electron chi connectivity index (χ2n) is 6.10. The third-order valence-electron chi connectivity index (χ3n) is 3.92. The molecule has 0 fully saturated rings. The lowest BCUT2D eigenvalue weighted by molar-refractivity contribution is -0.386. The smallest absolute Gasteiger partial charge is 0.315 e. The highest BCUT2D eigenvalue weighted by atomic mass is 35.5. The highest BCUT2D eigenvalue weighted by Gasteiger charge is 2.22. The summed E-state index contributed by atoms with van der Waals surface area (Å²) >= 11 is 7.52. The van der Waals surface area contributed by atoms with Crippen molar-refractivity contribution in [3.05, 3.63) is 56.6 Å². The van der Waals surface area contributed by atoms with Gasteiger partial charge in [-0.15, -0.1) is 11.8 Å². The molecule has 0 aliphatic rings. The molecule has 0 heterocycles. The molecule has 0 unspecified atom stereocenters. The van der Waals surface area contributed by atoms with Gasteiger partial charge in [0.25, 0.3) is 0 Å². The number of hydrogen-bond donors (Lipinski definition) is 1. The lowest BCUT2D eigenvalue weighted by atomic mass is 10.1. The number of amides is 1. The summed E-state index contributed by atoms with van der Waals surface area (Å²) < 4.78 is 10.7. The monoisotopic (exact) mass is 451 g/mol. The lowest BCUT2D eigenvalue weighted by Crippen LogP contribution is -2.20. The largest absolute Gasteiger partial charge is 0.493 e. The predicted molar refractivity (Wildman–Crippen MR) is 118 cm³/mol. The third kappa shape index (κ3) is 6.36. The molecular weight excluding hydrogens is 430 g/mol. The van der Waals surface area contributed by atoms with E-state index in [1.54, 1.807) is 18.2 Å². The zero-order chi connectivity index (χ0) is 22.1. The Morgan fingerprint density at radius 2 is 2.13 bits per heavy atom. The van der Waals surface area contributed by atoms with Gasteiger partial charge >= 0.3 is 5.69 Å². The van der Waals surface area contributed by atoms with Crippen LogP contribution >= 0.6 is 23.4 Å². The molecule has 30 heavy (non-hydrogen) atoms. The summed E-state index contributed by atoms with van der Waals surface area (Å²) in [5, 5.41) is 15.9. The van der Waals surface area contributed by atoms with E-state index in [2.05, 4.69) is 10.5 Å². The fourth-order valence-electron chi connectivity index (χ4n) is 2.60. The number of nitro groups is 1. The Bertz CT molecular complexity index is 952. The first-order chi connectivity index (χ1) is 14.4. The van der Waals surface area contributed by atoms with Crippen LogP contribution in [0.4, 0.5) is 5.69 Å². The Morgan fingerprint density at radius 3 is 2.77 bits per heavy atom. The topological polar surface area (TPSA) is 103 Å². The second-order valence-corrected chi connectivity index (χ2v) is 7.39. The number of rotatable bonds is 10. The normalized spacial score (nSPS) is 10.8. The number of carbonyl (C=O) groups excluding carboxylic acids is 1. The Morgan fingerprint density at radius 1 is 1.37 bits per heavy atom. The Kier molecular flexibility index (Phi) is 8.94. The fraction of sp³-hybridized carbons (Fsp3) is 0.300. The van der Waals surface area contributed by atoms with Gasteiger partial charge in [-0.05, 0) is 42.5 Å². The molecule has 0 aromatic heterocycles. The van der Waals surface area contributed by atoms with E-state index in [-0.39, 0.29) is 29.5 Å². The van der Waals surface area contributed by atoms with Gasteiger partial charge in [-0.1, -0.05) is 18.5 Å². The van der Waals surface area contributed by atoms with Crippen LogP contribution in [-0.4, -0.2) is 37.0 Å². The number of hydrazone groups is 1. The van der Waals surface area contributed by atoms with E-state index < -0.39 is 4.92 Å². The van der Waals surface area contributed by atoms with E-state index >= 15 is 0 Å². The number of halogens is 1. The number of benzene rings is 2. The minimum atomic E-state index is -0.549. The first-order valence-corrected chi connectivity index (χ1v) is 10.6. The van der Waals surface area contributed by atoms with Crippen LogP contribution in [0.1, 0.15) is 24.5 Å². The molecule has 1 amide bonds. The van der Waals surface area contributed by atoms with Crippen molar-refractivity contribution >= 4 is 41.2 Å². The number of thioether (sulfide) groups is 1. The zero-order valence-electron chi connectivity index (χ0n) is 16.8. The molecule has 10 heteroatoms. The zero-order valence-corrected chi connectivity index (χ0v) is 18.4. The van der Waals surface area contributed by atoms with E-state index in [1.807, 2.05) is 19.2 Å². The Balaban J connectivity index is 2.15. The third-order valence-corrected chi connectivity index (χ3v) is 4.99. The molecule has 0 aliphatic carbocycles. The van der Waals surface area contributed by atoms with Crippen LogP contribution in [0.15, 0.2) is 40.3 Å². The summed E-state index contributed by atoms with van der Waals surface area (Å²) in [6.07, 6.45) is 4.02. The molecule has 2 aromatic rings. The van der Waals surface area contributed by atoms with Crippen LogP contribution < -0.4 is 14.9 Å². The van der Waals surface area contributed by atoms with Crippen molar-refractivity contribution in [2.75, 3.05) is 20.0 Å². The molecule has 0 saturated heterocycles. The van der Waals surface area contributed by atoms with Crippen molar-refractivity contribution < 1.29 is 19.2 Å². The number of hydrogen-bond acceptors (Lipinski definition) is 7. The van der Waals surface area contributed by atoms with Crippen LogP contribution in [0.2, 0.25) is 5.02 Å². The number of carbonyl (C=O) groups is 1. The predicted octanol–water partition coefficient (Wildman–Crippen LogP) is 4.46. The molecular formula is C20H22ClN3O5S. The molecule has 0 atom stereocenters. The second kappa shape index (κ2) is 11.4. The van der Waals surface area contributed by atoms with Gasteiger partial charge in [-0.2, -0.15) is 5.10 Å². The van der Waals surface area contributed by atoms with Gasteiger partial charge in [-0.25, -0.2) is 5.43 Å². The van der Waals surface area contributed by atoms with Gasteiger partial charge < -0.3 is 9.47 Å². The summed E-state index contributed by atoms with van der Waals surface area (Å²) in [5.41, 5.74) is 3.36. The van der Waals surface area contributed by atoms with Crippen molar-refractivity contribution in [2.24, 2.45) is 5.10 Å². The van der Waals surface area contributed by atoms with Crippen molar-refractivity contribution in [3.8, 4) is 11.5 Å². The van der Waals surface area contributed by atoms with Crippen molar-refractivity contribution in [1.29, 1.82) is 0 Å². The van der Waals surface area contributed by atoms with Crippen LogP contribution in [0.3, 0.4) is 0 Å². The lowest BCUT2D eigenvalue weighted by Gasteiger charge is -2.11. The molecule has 160 valence electrons. The quantitative estimate of drug-likeness (QED) is 0.247. The number of nitro benzene ring substituents is 1. The van der Waals surface area contributed by atoms with Crippen molar-refractivity contribution in [2.45, 2.75) is 24.7 Å². The van der Waals surface area contributed by atoms with Crippen LogP contribution in [0.25, 0.3) is 0 Å². The average Bonchev–Trinajstić information content (AvgIpc) is 2.72. The van der Waals surface area contributed by atoms with Gasteiger partial charge in [0.15, 0.2) is 5.75 Å². The number of ether oxygens (including phenoxy) is 2. The SMILES string of the molecule is CCCOc1c(OC)cc(/C=N\NC(=O)Cc2cc(Cl)ccc2SC)cc1[N+](=O)[O-]. The minimum Gasteiger partial charge on any atom is -0.493 e. The first kappa shape index (κ1) is 23.5. The molecule has 2 rings (SSSR count). The van der Waals surface area contributed by atoms with Gasteiger partial charge in [0.1, 0.15) is 0 Å². The van der Waals surface area contributed by atoms with E-state index in [0.29, 0.717) is 23.6 Å². The Hall–Kier alpha value is -2.78. The van der Waals surface area contributed by atoms with Gasteiger partial charge in [0.2, 0.25) is 11.7 Å². The highest BCUT2D eigenvalue weighted by Crippen LogP contribution is 2.38. The minimum absolute atomic E-state index is 0.0658. The van der Waals surface area contributed by atoms with E-state index in [0.717, 1.165) is 10.5 Å². The molecule has 0 spiro atoms. The summed E-state index contributed by atoms with van der Waals surface area (Å²) in [4.78, 5) is 24.0. The van der Waals surface area contributed by atoms with Crippen molar-refractivity contribution in [1.82, 2.24) is 5.43 Å². The highest BCUT2D eigenvalue weighted by molar-refractivity contribution is 7.98. The van der Waals surface area contributed by atoms with E-state index in [4.69, 9.17) is 21.1 Å². The molecule has 0 saturated carbocycles. The maximum absolute atomic E-state index is 12.2. The fourth-order valence-corrected chi connectivity index (χ4v) is 3.39. The van der Waals surface area contributed by atoms with Crippen LogP contribution in [0, 0.1) is 10.1 Å². The number of nitrogens with zero attached hydrogens (tertiary/aromatic N) is 2. The molecule has 2 aromatic carbocycles. The van der Waals surface area contributed by atoms with Crippen LogP contribution in [-0.2, 0) is 11.2 Å². The number of methoxy groups -OCH3 is 1. The Labute approximate surface area is 183 Å². The summed E-state index contributed by atoms with van der Waals surface area (Å²) in [6.45, 7) is 2.22. The standard InChI is InChI=1S/C20H22ClN3O5S/c1-4-7-29-20-16(24(26)27)8-13(9-17(20)28-2)12-22-23-19(25)11-14-10-15(21)5-6-18(14)30-3/h5-6,8-10,12H,4,7,11H2,1-3H3,(H,23,25)/b22-12-. The molecule has 1 N–H and O–H groups in total. The molecule has 0 bridgehead atoms. The van der Waals surface area contributed by atoms with Crippen molar-refractivity contribution in [3.63, 3.8) is 0 Å². The van der Waals surface area contributed by atoms with E-state index in [9.17, 15) is 14.9 Å². The first-order valence-electron chi connectivity index (χ1n) is 9.03.